The number of benzene rings is 1. The summed E-state index contributed by atoms with van der Waals surface area (Å²) in [6.07, 6.45) is 1.59. The van der Waals surface area contributed by atoms with E-state index in [1.165, 1.54) is 0 Å². The van der Waals surface area contributed by atoms with E-state index in [0.29, 0.717) is 23.9 Å². The Morgan fingerprint density at radius 1 is 1.40 bits per heavy atom. The molecule has 0 aliphatic carbocycles. The van der Waals surface area contributed by atoms with Crippen LogP contribution in [-0.2, 0) is 13.2 Å². The number of methoxy groups -OCH3 is 1. The van der Waals surface area contributed by atoms with Crippen molar-refractivity contribution in [2.24, 2.45) is 0 Å². The second-order valence-electron chi connectivity index (χ2n) is 4.16. The van der Waals surface area contributed by atoms with Gasteiger partial charge in [-0.3, -0.25) is 0 Å². The molecule has 1 aromatic heterocycles. The summed E-state index contributed by atoms with van der Waals surface area (Å²) in [5.41, 5.74) is 1.13. The molecule has 0 aliphatic rings. The summed E-state index contributed by atoms with van der Waals surface area (Å²) < 4.78 is 17.0. The fourth-order valence-electron chi connectivity index (χ4n) is 1.74. The van der Waals surface area contributed by atoms with Gasteiger partial charge in [-0.05, 0) is 40.2 Å². The Bertz CT molecular complexity index is 544. The van der Waals surface area contributed by atoms with Gasteiger partial charge in [-0.2, -0.15) is 0 Å². The lowest BCUT2D eigenvalue weighted by Gasteiger charge is -2.13. The van der Waals surface area contributed by atoms with Crippen LogP contribution in [0.25, 0.3) is 0 Å². The highest BCUT2D eigenvalue weighted by molar-refractivity contribution is 9.10. The van der Waals surface area contributed by atoms with Crippen molar-refractivity contribution in [1.29, 1.82) is 0 Å². The Morgan fingerprint density at radius 3 is 2.90 bits per heavy atom. The summed E-state index contributed by atoms with van der Waals surface area (Å²) in [4.78, 5) is 0. The van der Waals surface area contributed by atoms with Crippen molar-refractivity contribution in [2.75, 3.05) is 13.7 Å². The van der Waals surface area contributed by atoms with Gasteiger partial charge in [0, 0.05) is 12.6 Å². The lowest BCUT2D eigenvalue weighted by atomic mass is 10.2. The summed E-state index contributed by atoms with van der Waals surface area (Å²) in [6, 6.07) is 5.74. The fourth-order valence-corrected chi connectivity index (χ4v) is 2.35. The predicted molar refractivity (Wildman–Crippen MR) is 78.9 cm³/mol. The van der Waals surface area contributed by atoms with E-state index in [9.17, 15) is 0 Å². The summed E-state index contributed by atoms with van der Waals surface area (Å²) in [6.45, 7) is 4.08. The molecule has 0 spiro atoms. The first kappa shape index (κ1) is 14.9. The van der Waals surface area contributed by atoms with Crippen LogP contribution >= 0.6 is 15.9 Å². The standard InChI is InChI=1S/C14H17BrN2O3/c1-3-16-8-10-6-12(15)14(13(7-10)18-2)19-9-11-4-5-17-20-11/h4-7,16H,3,8-9H2,1-2H3. The number of nitrogens with zero attached hydrogens (tertiary/aromatic N) is 1. The van der Waals surface area contributed by atoms with Gasteiger partial charge in [0.1, 0.15) is 6.61 Å². The minimum absolute atomic E-state index is 0.307. The van der Waals surface area contributed by atoms with Crippen molar-refractivity contribution >= 4 is 15.9 Å². The highest BCUT2D eigenvalue weighted by Crippen LogP contribution is 2.37. The Hall–Kier alpha value is -1.53. The largest absolute Gasteiger partial charge is 0.493 e. The number of nitrogens with one attached hydrogen (secondary N) is 1. The number of halogens is 1. The lowest BCUT2D eigenvalue weighted by molar-refractivity contribution is 0.237. The second kappa shape index (κ2) is 7.31. The van der Waals surface area contributed by atoms with Crippen molar-refractivity contribution < 1.29 is 14.0 Å². The number of rotatable bonds is 7. The highest BCUT2D eigenvalue weighted by Gasteiger charge is 2.12. The Balaban J connectivity index is 2.14. The molecule has 5 nitrogen and oxygen atoms in total. The smallest absolute Gasteiger partial charge is 0.176 e. The number of ether oxygens (including phenoxy) is 2. The minimum atomic E-state index is 0.307. The molecule has 0 amide bonds. The van der Waals surface area contributed by atoms with E-state index in [1.807, 2.05) is 12.1 Å². The molecule has 0 atom stereocenters. The molecule has 1 aromatic carbocycles. The topological polar surface area (TPSA) is 56.5 Å². The minimum Gasteiger partial charge on any atom is -0.493 e. The zero-order valence-electron chi connectivity index (χ0n) is 11.5. The van der Waals surface area contributed by atoms with E-state index in [-0.39, 0.29) is 0 Å². The van der Waals surface area contributed by atoms with Crippen molar-refractivity contribution in [1.82, 2.24) is 10.5 Å². The van der Waals surface area contributed by atoms with E-state index in [4.69, 9.17) is 14.0 Å². The number of hydrogen-bond acceptors (Lipinski definition) is 5. The van der Waals surface area contributed by atoms with E-state index < -0.39 is 0 Å². The monoisotopic (exact) mass is 340 g/mol. The van der Waals surface area contributed by atoms with E-state index in [1.54, 1.807) is 19.4 Å². The number of hydrogen-bond donors (Lipinski definition) is 1. The molecule has 0 saturated carbocycles. The van der Waals surface area contributed by atoms with Gasteiger partial charge in [0.15, 0.2) is 17.3 Å². The molecule has 0 aliphatic heterocycles. The van der Waals surface area contributed by atoms with Crippen molar-refractivity contribution in [3.63, 3.8) is 0 Å². The molecule has 108 valence electrons. The van der Waals surface area contributed by atoms with Gasteiger partial charge in [-0.15, -0.1) is 0 Å². The van der Waals surface area contributed by atoms with Crippen LogP contribution in [0.3, 0.4) is 0 Å². The molecule has 2 rings (SSSR count). The van der Waals surface area contributed by atoms with Crippen molar-refractivity contribution in [2.45, 2.75) is 20.1 Å². The molecular weight excluding hydrogens is 324 g/mol. The van der Waals surface area contributed by atoms with Gasteiger partial charge >= 0.3 is 0 Å². The van der Waals surface area contributed by atoms with Gasteiger partial charge in [0.05, 0.1) is 17.8 Å². The molecule has 6 heteroatoms. The average molecular weight is 341 g/mol. The Labute approximate surface area is 126 Å². The van der Waals surface area contributed by atoms with Crippen molar-refractivity contribution in [3.8, 4) is 11.5 Å². The Kier molecular flexibility index (Phi) is 5.43. The maximum Gasteiger partial charge on any atom is 0.176 e. The fraction of sp³-hybridized carbons (Fsp3) is 0.357. The van der Waals surface area contributed by atoms with Crippen molar-refractivity contribution in [3.05, 3.63) is 40.2 Å². The number of aromatic nitrogens is 1. The first-order chi connectivity index (χ1) is 9.74. The molecule has 0 unspecified atom stereocenters. The third kappa shape index (κ3) is 3.74. The molecule has 0 bridgehead atoms. The van der Waals surface area contributed by atoms with Crippen LogP contribution in [-0.4, -0.2) is 18.8 Å². The summed E-state index contributed by atoms with van der Waals surface area (Å²) in [5, 5.41) is 6.92. The summed E-state index contributed by atoms with van der Waals surface area (Å²) in [7, 11) is 1.63. The van der Waals surface area contributed by atoms with Crippen LogP contribution in [0.2, 0.25) is 0 Å². The molecule has 1 N–H and O–H groups in total. The molecule has 2 aromatic rings. The van der Waals surface area contributed by atoms with Gasteiger partial charge in [-0.25, -0.2) is 0 Å². The van der Waals surface area contributed by atoms with E-state index in [2.05, 4.69) is 33.3 Å². The van der Waals surface area contributed by atoms with E-state index >= 15 is 0 Å². The molecule has 20 heavy (non-hydrogen) atoms. The highest BCUT2D eigenvalue weighted by atomic mass is 79.9. The normalized spacial score (nSPS) is 10.6. The van der Waals surface area contributed by atoms with Crippen LogP contribution in [0.5, 0.6) is 11.5 Å². The lowest BCUT2D eigenvalue weighted by Crippen LogP contribution is -2.12. The maximum atomic E-state index is 5.74. The average Bonchev–Trinajstić information content (AvgIpc) is 2.96. The van der Waals surface area contributed by atoms with Crippen LogP contribution in [0, 0.1) is 0 Å². The van der Waals surface area contributed by atoms with Crippen LogP contribution in [0.1, 0.15) is 18.2 Å². The van der Waals surface area contributed by atoms with Gasteiger partial charge in [-0.1, -0.05) is 12.1 Å². The summed E-state index contributed by atoms with van der Waals surface area (Å²) in [5.74, 6) is 2.01. The maximum absolute atomic E-state index is 5.74. The van der Waals surface area contributed by atoms with Crippen LogP contribution in [0.4, 0.5) is 0 Å². The van der Waals surface area contributed by atoms with Crippen LogP contribution < -0.4 is 14.8 Å². The Morgan fingerprint density at radius 2 is 2.25 bits per heavy atom. The SMILES string of the molecule is CCNCc1cc(Br)c(OCc2ccno2)c(OC)c1. The first-order valence-electron chi connectivity index (χ1n) is 6.34. The quantitative estimate of drug-likeness (QED) is 0.839. The second-order valence-corrected chi connectivity index (χ2v) is 5.01. The third-order valence-electron chi connectivity index (χ3n) is 2.72. The van der Waals surface area contributed by atoms with Gasteiger partial charge in [0.25, 0.3) is 0 Å². The van der Waals surface area contributed by atoms with E-state index in [0.717, 1.165) is 23.1 Å². The van der Waals surface area contributed by atoms with Gasteiger partial charge < -0.3 is 19.3 Å². The zero-order chi connectivity index (χ0) is 14.4. The molecule has 1 heterocycles. The zero-order valence-corrected chi connectivity index (χ0v) is 13.1. The third-order valence-corrected chi connectivity index (χ3v) is 3.31. The molecule has 0 radical (unpaired) electrons. The molecule has 0 fully saturated rings. The first-order valence-corrected chi connectivity index (χ1v) is 7.13. The predicted octanol–water partition coefficient (Wildman–Crippen LogP) is 3.13. The van der Waals surface area contributed by atoms with Gasteiger partial charge in [0.2, 0.25) is 0 Å². The molecular formula is C14H17BrN2O3. The van der Waals surface area contributed by atoms with Crippen LogP contribution in [0.15, 0.2) is 33.4 Å². The molecule has 0 saturated heterocycles. The summed E-state index contributed by atoms with van der Waals surface area (Å²) >= 11 is 3.52.